The summed E-state index contributed by atoms with van der Waals surface area (Å²) < 4.78 is 0. The molecule has 2 aliphatic carbocycles. The Morgan fingerprint density at radius 2 is 0.913 bits per heavy atom. The lowest BCUT2D eigenvalue weighted by Gasteiger charge is -2.37. The van der Waals surface area contributed by atoms with Gasteiger partial charge in [-0.3, -0.25) is 0 Å². The fraction of sp³-hybridized carbons (Fsp3) is 1.00. The molecule has 0 nitrogen and oxygen atoms in total. The lowest BCUT2D eigenvalue weighted by atomic mass is 10.0. The Balaban J connectivity index is 1.35. The molecule has 0 aromatic heterocycles. The molecule has 2 aliphatic heterocycles. The van der Waals surface area contributed by atoms with Gasteiger partial charge in [-0.1, -0.05) is 38.5 Å². The number of hydrogen-bond acceptors (Lipinski definition) is 0. The SMILES string of the molecule is C1CCC(P2CCC[C@@H]2C[C@H]2CCCP2C2CCCCC2)CC1. The highest BCUT2D eigenvalue weighted by molar-refractivity contribution is 7.60. The second-order valence-electron chi connectivity index (χ2n) is 8.89. The van der Waals surface area contributed by atoms with E-state index in [1.165, 1.54) is 22.6 Å². The van der Waals surface area contributed by atoms with Gasteiger partial charge in [0.25, 0.3) is 0 Å². The van der Waals surface area contributed by atoms with Crippen LogP contribution in [0, 0.1) is 0 Å². The van der Waals surface area contributed by atoms with Crippen molar-refractivity contribution in [3.05, 3.63) is 0 Å². The van der Waals surface area contributed by atoms with Gasteiger partial charge in [-0.15, -0.1) is 15.8 Å². The third-order valence-electron chi connectivity index (χ3n) is 7.48. The van der Waals surface area contributed by atoms with Crippen molar-refractivity contribution in [2.45, 2.75) is 119 Å². The second-order valence-corrected chi connectivity index (χ2v) is 14.8. The Labute approximate surface area is 147 Å². The third-order valence-corrected chi connectivity index (χ3v) is 14.9. The molecule has 0 amide bonds. The first kappa shape index (κ1) is 17.3. The van der Waals surface area contributed by atoms with E-state index < -0.39 is 0 Å². The number of rotatable bonds is 4. The predicted octanol–water partition coefficient (Wildman–Crippen LogP) is 7.33. The standard InChI is InChI=1S/C21H38P2/c1-3-9-18(10-4-1)22-15-7-13-20(22)17-21-14-8-16-23(21)19-11-5-2-6-12-19/h18-21H,1-17H2/t20-,21-,22?,23?/m1/s1. The molecule has 0 spiro atoms. The van der Waals surface area contributed by atoms with E-state index >= 15 is 0 Å². The molecule has 0 radical (unpaired) electrons. The van der Waals surface area contributed by atoms with Crippen LogP contribution in [0.4, 0.5) is 0 Å². The van der Waals surface area contributed by atoms with Gasteiger partial charge >= 0.3 is 0 Å². The van der Waals surface area contributed by atoms with Crippen LogP contribution in [0.3, 0.4) is 0 Å². The molecule has 4 fully saturated rings. The highest BCUT2D eigenvalue weighted by Crippen LogP contribution is 2.64. The molecule has 4 rings (SSSR count). The monoisotopic (exact) mass is 352 g/mol. The van der Waals surface area contributed by atoms with Crippen molar-refractivity contribution in [2.24, 2.45) is 0 Å². The van der Waals surface area contributed by atoms with Gasteiger partial charge in [-0.05, 0) is 92.7 Å². The van der Waals surface area contributed by atoms with Gasteiger partial charge in [-0.2, -0.15) is 0 Å². The van der Waals surface area contributed by atoms with Crippen molar-refractivity contribution in [1.29, 1.82) is 0 Å². The van der Waals surface area contributed by atoms with Crippen LogP contribution in [0.5, 0.6) is 0 Å². The van der Waals surface area contributed by atoms with E-state index in [1.807, 2.05) is 0 Å². The van der Waals surface area contributed by atoms with Gasteiger partial charge < -0.3 is 0 Å². The summed E-state index contributed by atoms with van der Waals surface area (Å²) in [5, 5.41) is 0. The third kappa shape index (κ3) is 4.17. The van der Waals surface area contributed by atoms with Crippen LogP contribution in [0.1, 0.15) is 96.3 Å². The van der Waals surface area contributed by atoms with Crippen LogP contribution in [0.2, 0.25) is 0 Å². The summed E-state index contributed by atoms with van der Waals surface area (Å²) in [6.45, 7) is 0. The fourth-order valence-electron chi connectivity index (χ4n) is 6.32. The molecule has 2 heterocycles. The van der Waals surface area contributed by atoms with Crippen molar-refractivity contribution >= 4 is 15.8 Å². The van der Waals surface area contributed by atoms with Gasteiger partial charge in [0, 0.05) is 0 Å². The molecular formula is C21H38P2. The van der Waals surface area contributed by atoms with E-state index in [4.69, 9.17) is 0 Å². The topological polar surface area (TPSA) is 0 Å². The summed E-state index contributed by atoms with van der Waals surface area (Å²) in [5.74, 6) is 0. The number of hydrogen-bond donors (Lipinski definition) is 0. The van der Waals surface area contributed by atoms with Crippen molar-refractivity contribution in [1.82, 2.24) is 0 Å². The summed E-state index contributed by atoms with van der Waals surface area (Å²) >= 11 is 0. The molecule has 2 unspecified atom stereocenters. The summed E-state index contributed by atoms with van der Waals surface area (Å²) in [5.41, 5.74) is 4.83. The van der Waals surface area contributed by atoms with Gasteiger partial charge in [0.1, 0.15) is 0 Å². The van der Waals surface area contributed by atoms with Gasteiger partial charge in [0.2, 0.25) is 0 Å². The molecule has 2 saturated heterocycles. The maximum Gasteiger partial charge on any atom is -0.0201 e. The molecule has 0 bridgehead atoms. The van der Waals surface area contributed by atoms with Crippen LogP contribution in [-0.4, -0.2) is 35.0 Å². The van der Waals surface area contributed by atoms with Crippen LogP contribution in [0.25, 0.3) is 0 Å². The summed E-state index contributed by atoms with van der Waals surface area (Å²) in [6.07, 6.45) is 27.3. The largest absolute Gasteiger partial charge is 0.100 e. The minimum absolute atomic E-state index is 0.431. The Morgan fingerprint density at radius 1 is 0.478 bits per heavy atom. The zero-order chi connectivity index (χ0) is 15.5. The van der Waals surface area contributed by atoms with Crippen molar-refractivity contribution in [2.75, 3.05) is 12.3 Å². The molecular weight excluding hydrogens is 314 g/mol. The summed E-state index contributed by atoms with van der Waals surface area (Å²) in [6, 6.07) is 0. The average Bonchev–Trinajstić information content (AvgIpc) is 3.26. The van der Waals surface area contributed by atoms with E-state index in [0.717, 1.165) is 0 Å². The molecule has 4 atom stereocenters. The molecule has 2 saturated carbocycles. The van der Waals surface area contributed by atoms with E-state index in [0.29, 0.717) is 15.8 Å². The van der Waals surface area contributed by atoms with Gasteiger partial charge in [0.05, 0.1) is 0 Å². The lowest BCUT2D eigenvalue weighted by molar-refractivity contribution is 0.505. The lowest BCUT2D eigenvalue weighted by Crippen LogP contribution is -2.21. The van der Waals surface area contributed by atoms with Crippen molar-refractivity contribution < 1.29 is 0 Å². The maximum absolute atomic E-state index is 1.70. The first-order valence-corrected chi connectivity index (χ1v) is 14.3. The van der Waals surface area contributed by atoms with Crippen LogP contribution >= 0.6 is 15.8 Å². The molecule has 4 aliphatic rings. The van der Waals surface area contributed by atoms with E-state index in [9.17, 15) is 0 Å². The predicted molar refractivity (Wildman–Crippen MR) is 108 cm³/mol. The van der Waals surface area contributed by atoms with E-state index in [1.54, 1.807) is 109 Å². The van der Waals surface area contributed by atoms with Crippen LogP contribution in [0.15, 0.2) is 0 Å². The van der Waals surface area contributed by atoms with E-state index in [-0.39, 0.29) is 0 Å². The Bertz CT molecular complexity index is 323. The molecule has 0 N–H and O–H groups in total. The first-order chi connectivity index (χ1) is 11.4. The van der Waals surface area contributed by atoms with E-state index in [2.05, 4.69) is 0 Å². The smallest absolute Gasteiger partial charge is 0.0201 e. The molecule has 23 heavy (non-hydrogen) atoms. The zero-order valence-electron chi connectivity index (χ0n) is 15.2. The Kier molecular flexibility index (Phi) is 6.38. The van der Waals surface area contributed by atoms with Gasteiger partial charge in [0.15, 0.2) is 0 Å². The van der Waals surface area contributed by atoms with Gasteiger partial charge in [-0.25, -0.2) is 0 Å². The molecule has 132 valence electrons. The normalized spacial score (nSPS) is 40.7. The minimum atomic E-state index is 0.431. The van der Waals surface area contributed by atoms with Crippen LogP contribution < -0.4 is 0 Å². The Morgan fingerprint density at radius 3 is 1.35 bits per heavy atom. The van der Waals surface area contributed by atoms with Crippen molar-refractivity contribution in [3.8, 4) is 0 Å². The minimum Gasteiger partial charge on any atom is -0.100 e. The molecule has 2 heteroatoms. The average molecular weight is 352 g/mol. The fourth-order valence-corrected chi connectivity index (χ4v) is 14.4. The zero-order valence-corrected chi connectivity index (χ0v) is 17.0. The second kappa shape index (κ2) is 8.49. The highest BCUT2D eigenvalue weighted by atomic mass is 31.1. The summed E-state index contributed by atoms with van der Waals surface area (Å²) in [4.78, 5) is 0. The first-order valence-electron chi connectivity index (χ1n) is 10.9. The highest BCUT2D eigenvalue weighted by Gasteiger charge is 2.39. The molecule has 0 aromatic carbocycles. The summed E-state index contributed by atoms with van der Waals surface area (Å²) in [7, 11) is 0.862. The maximum atomic E-state index is 1.70. The van der Waals surface area contributed by atoms with Crippen molar-refractivity contribution in [3.63, 3.8) is 0 Å². The molecule has 0 aromatic rings. The quantitative estimate of drug-likeness (QED) is 0.465. The Hall–Kier alpha value is 0.860. The van der Waals surface area contributed by atoms with Crippen LogP contribution in [-0.2, 0) is 0 Å².